The van der Waals surface area contributed by atoms with Crippen molar-refractivity contribution in [1.29, 1.82) is 0 Å². The summed E-state index contributed by atoms with van der Waals surface area (Å²) in [5, 5.41) is 0.949. The lowest BCUT2D eigenvalue weighted by atomic mass is 10.1. The number of halogens is 1. The lowest BCUT2D eigenvalue weighted by Gasteiger charge is -2.34. The molecule has 0 amide bonds. The molecular weight excluding hydrogens is 435 g/mol. The van der Waals surface area contributed by atoms with Gasteiger partial charge in [0.15, 0.2) is 0 Å². The molecule has 4 heterocycles. The Labute approximate surface area is 198 Å². The number of hydrogen-bond acceptors (Lipinski definition) is 6. The Hall–Kier alpha value is -3.23. The van der Waals surface area contributed by atoms with Gasteiger partial charge in [-0.1, -0.05) is 25.1 Å². The summed E-state index contributed by atoms with van der Waals surface area (Å²) in [6.45, 7) is 5.16. The van der Waals surface area contributed by atoms with Crippen LogP contribution in [0, 0.1) is 0 Å². The van der Waals surface area contributed by atoms with Gasteiger partial charge >= 0.3 is 0 Å². The molecule has 0 bridgehead atoms. The maximum absolute atomic E-state index is 14.8. The van der Waals surface area contributed by atoms with E-state index in [4.69, 9.17) is 19.2 Å². The number of rotatable bonds is 8. The first-order valence-corrected chi connectivity index (χ1v) is 11.7. The summed E-state index contributed by atoms with van der Waals surface area (Å²) in [6.07, 6.45) is 2.89. The number of imidazole rings is 1. The van der Waals surface area contributed by atoms with Crippen LogP contribution in [0.5, 0.6) is 11.5 Å². The highest BCUT2D eigenvalue weighted by molar-refractivity contribution is 5.86. The smallest absolute Gasteiger partial charge is 0.149 e. The van der Waals surface area contributed by atoms with Crippen LogP contribution in [0.4, 0.5) is 4.39 Å². The Morgan fingerprint density at radius 1 is 1.15 bits per heavy atom. The fraction of sp³-hybridized carbons (Fsp3) is 0.385. The van der Waals surface area contributed by atoms with Crippen LogP contribution in [0.1, 0.15) is 13.3 Å². The highest BCUT2D eigenvalue weighted by Crippen LogP contribution is 2.30. The first-order valence-electron chi connectivity index (χ1n) is 11.7. The van der Waals surface area contributed by atoms with Crippen LogP contribution in [0.25, 0.3) is 27.9 Å². The van der Waals surface area contributed by atoms with Gasteiger partial charge in [0, 0.05) is 37.8 Å². The number of benzene rings is 1. The summed E-state index contributed by atoms with van der Waals surface area (Å²) in [4.78, 5) is 11.6. The maximum Gasteiger partial charge on any atom is 0.149 e. The number of hydrogen-bond donors (Lipinski definition) is 0. The van der Waals surface area contributed by atoms with Crippen molar-refractivity contribution >= 4 is 16.6 Å². The van der Waals surface area contributed by atoms with E-state index in [0.29, 0.717) is 31.9 Å². The van der Waals surface area contributed by atoms with Crippen molar-refractivity contribution in [3.8, 4) is 22.9 Å². The molecule has 0 saturated carbocycles. The Morgan fingerprint density at radius 2 is 2.06 bits per heavy atom. The highest BCUT2D eigenvalue weighted by atomic mass is 19.1. The molecule has 7 nitrogen and oxygen atoms in total. The Morgan fingerprint density at radius 3 is 2.88 bits per heavy atom. The molecule has 1 aromatic carbocycles. The molecule has 0 aliphatic carbocycles. The van der Waals surface area contributed by atoms with Crippen LogP contribution >= 0.6 is 0 Å². The molecule has 1 saturated heterocycles. The summed E-state index contributed by atoms with van der Waals surface area (Å²) in [7, 11) is 1.64. The van der Waals surface area contributed by atoms with Crippen LogP contribution in [0.3, 0.4) is 0 Å². The normalized spacial score (nSPS) is 19.0. The summed E-state index contributed by atoms with van der Waals surface area (Å²) >= 11 is 0. The van der Waals surface area contributed by atoms with Gasteiger partial charge in [0.1, 0.15) is 41.5 Å². The van der Waals surface area contributed by atoms with E-state index in [1.54, 1.807) is 13.3 Å². The van der Waals surface area contributed by atoms with E-state index in [0.717, 1.165) is 46.8 Å². The number of pyridine rings is 2. The third-order valence-electron chi connectivity index (χ3n) is 6.28. The van der Waals surface area contributed by atoms with Crippen LogP contribution in [-0.2, 0) is 4.74 Å². The maximum atomic E-state index is 14.8. The van der Waals surface area contributed by atoms with Crippen LogP contribution in [-0.4, -0.2) is 71.5 Å². The summed E-state index contributed by atoms with van der Waals surface area (Å²) in [5.74, 6) is 1.35. The minimum Gasteiger partial charge on any atom is -0.491 e. The average Bonchev–Trinajstić information content (AvgIpc) is 3.28. The molecular formula is C26H29FN4O3. The van der Waals surface area contributed by atoms with Gasteiger partial charge in [-0.25, -0.2) is 14.4 Å². The third kappa shape index (κ3) is 4.56. The number of fused-ring (bicyclic) bond motifs is 2. The van der Waals surface area contributed by atoms with Gasteiger partial charge in [-0.05, 0) is 31.2 Å². The SMILES string of the molecule is CCN1CCC(Oc2cccc3ccc(-c4cnc5cc(OCCOC)ccn45)nc23)C(F)C1. The second-order valence-corrected chi connectivity index (χ2v) is 8.45. The van der Waals surface area contributed by atoms with Gasteiger partial charge in [0.05, 0.1) is 24.2 Å². The van der Waals surface area contributed by atoms with E-state index in [9.17, 15) is 4.39 Å². The second kappa shape index (κ2) is 9.95. The van der Waals surface area contributed by atoms with Crippen molar-refractivity contribution in [2.24, 2.45) is 0 Å². The molecule has 1 fully saturated rings. The van der Waals surface area contributed by atoms with Gasteiger partial charge in [-0.2, -0.15) is 0 Å². The van der Waals surface area contributed by atoms with E-state index >= 15 is 0 Å². The largest absolute Gasteiger partial charge is 0.491 e. The first kappa shape index (κ1) is 22.6. The molecule has 1 aliphatic rings. The Bertz CT molecular complexity index is 1280. The van der Waals surface area contributed by atoms with E-state index in [-0.39, 0.29) is 0 Å². The zero-order valence-electron chi connectivity index (χ0n) is 19.5. The molecule has 5 rings (SSSR count). The number of piperidine rings is 1. The van der Waals surface area contributed by atoms with Gasteiger partial charge in [0.2, 0.25) is 0 Å². The fourth-order valence-corrected chi connectivity index (χ4v) is 4.37. The molecule has 2 atom stereocenters. The summed E-state index contributed by atoms with van der Waals surface area (Å²) < 4.78 is 33.6. The predicted octanol–water partition coefficient (Wildman–Crippen LogP) is 4.39. The summed E-state index contributed by atoms with van der Waals surface area (Å²) in [5.41, 5.74) is 3.11. The fourth-order valence-electron chi connectivity index (χ4n) is 4.37. The monoisotopic (exact) mass is 464 g/mol. The Kier molecular flexibility index (Phi) is 6.60. The van der Waals surface area contributed by atoms with Gasteiger partial charge in [0.25, 0.3) is 0 Å². The number of para-hydroxylation sites is 1. The van der Waals surface area contributed by atoms with Gasteiger partial charge in [-0.15, -0.1) is 0 Å². The summed E-state index contributed by atoms with van der Waals surface area (Å²) in [6, 6.07) is 13.5. The van der Waals surface area contributed by atoms with Crippen LogP contribution in [0.2, 0.25) is 0 Å². The number of nitrogens with zero attached hydrogens (tertiary/aromatic N) is 4. The van der Waals surface area contributed by atoms with E-state index in [2.05, 4.69) is 16.8 Å². The van der Waals surface area contributed by atoms with Crippen molar-refractivity contribution < 1.29 is 18.6 Å². The number of methoxy groups -OCH3 is 1. The van der Waals surface area contributed by atoms with Crippen molar-refractivity contribution in [2.75, 3.05) is 40.0 Å². The van der Waals surface area contributed by atoms with Gasteiger partial charge in [-0.3, -0.25) is 4.40 Å². The molecule has 3 aromatic heterocycles. The molecule has 34 heavy (non-hydrogen) atoms. The standard InChI is InChI=1S/C26H29FN4O3/c1-3-30-11-10-23(20(27)17-30)34-24-6-4-5-18-7-8-21(29-26(18)24)22-16-28-25-15-19(9-12-31(22)25)33-14-13-32-2/h4-9,12,15-16,20,23H,3,10-11,13-14,17H2,1-2H3. The topological polar surface area (TPSA) is 61.1 Å². The van der Waals surface area contributed by atoms with E-state index in [1.165, 1.54) is 0 Å². The minimum atomic E-state index is -1.02. The molecule has 8 heteroatoms. The molecule has 2 unspecified atom stereocenters. The van der Waals surface area contributed by atoms with E-state index in [1.807, 2.05) is 53.1 Å². The van der Waals surface area contributed by atoms with Gasteiger partial charge < -0.3 is 19.1 Å². The third-order valence-corrected chi connectivity index (χ3v) is 6.28. The van der Waals surface area contributed by atoms with Crippen LogP contribution in [0.15, 0.2) is 54.9 Å². The lowest BCUT2D eigenvalue weighted by Crippen LogP contribution is -2.46. The van der Waals surface area contributed by atoms with Crippen molar-refractivity contribution in [2.45, 2.75) is 25.6 Å². The molecule has 178 valence electrons. The minimum absolute atomic E-state index is 0.406. The lowest BCUT2D eigenvalue weighted by molar-refractivity contribution is 0.0247. The Balaban J connectivity index is 1.43. The number of aromatic nitrogens is 3. The van der Waals surface area contributed by atoms with Crippen LogP contribution < -0.4 is 9.47 Å². The van der Waals surface area contributed by atoms with E-state index < -0.39 is 12.3 Å². The first-order chi connectivity index (χ1) is 16.7. The van der Waals surface area contributed by atoms with Crippen molar-refractivity contribution in [3.05, 3.63) is 54.9 Å². The number of ether oxygens (including phenoxy) is 3. The van der Waals surface area contributed by atoms with Crippen molar-refractivity contribution in [3.63, 3.8) is 0 Å². The van der Waals surface area contributed by atoms with Crippen molar-refractivity contribution in [1.82, 2.24) is 19.3 Å². The average molecular weight is 465 g/mol. The quantitative estimate of drug-likeness (QED) is 0.361. The molecule has 4 aromatic rings. The highest BCUT2D eigenvalue weighted by Gasteiger charge is 2.30. The molecule has 1 aliphatic heterocycles. The number of alkyl halides is 1. The zero-order chi connectivity index (χ0) is 23.5. The molecule has 0 N–H and O–H groups in total. The second-order valence-electron chi connectivity index (χ2n) is 8.45. The number of likely N-dealkylation sites (tertiary alicyclic amines) is 1. The predicted molar refractivity (Wildman–Crippen MR) is 129 cm³/mol. The molecule has 0 spiro atoms. The zero-order valence-corrected chi connectivity index (χ0v) is 19.5. The molecule has 0 radical (unpaired) electrons.